The van der Waals surface area contributed by atoms with E-state index >= 15 is 0 Å². The predicted octanol–water partition coefficient (Wildman–Crippen LogP) is 2.82. The molecule has 2 rings (SSSR count). The van der Waals surface area contributed by atoms with Crippen molar-refractivity contribution >= 4 is 11.6 Å². The number of allylic oxidation sites excluding steroid dienone is 3. The second-order valence-electron chi connectivity index (χ2n) is 6.11. The number of carbonyl (C=O) groups excluding carboxylic acids is 2. The molecule has 0 amide bonds. The van der Waals surface area contributed by atoms with Crippen molar-refractivity contribution in [2.24, 2.45) is 11.8 Å². The van der Waals surface area contributed by atoms with Crippen molar-refractivity contribution in [3.8, 4) is 11.5 Å². The first kappa shape index (κ1) is 16.8. The fourth-order valence-corrected chi connectivity index (χ4v) is 2.57. The van der Waals surface area contributed by atoms with Crippen LogP contribution in [0, 0.1) is 11.8 Å². The number of phenolic OH excluding ortho intramolecular Hbond substituents is 2. The number of aliphatic hydroxyl groups excluding tert-OH is 1. The van der Waals surface area contributed by atoms with Gasteiger partial charge in [-0.1, -0.05) is 19.9 Å². The molecular formula is C18H20O5. The Kier molecular flexibility index (Phi) is 4.89. The highest BCUT2D eigenvalue weighted by Gasteiger charge is 2.23. The molecule has 5 nitrogen and oxygen atoms in total. The van der Waals surface area contributed by atoms with Gasteiger partial charge in [-0.3, -0.25) is 9.59 Å². The van der Waals surface area contributed by atoms with E-state index in [0.29, 0.717) is 18.4 Å². The lowest BCUT2D eigenvalue weighted by Crippen LogP contribution is -2.18. The first-order valence-corrected chi connectivity index (χ1v) is 7.48. The first-order valence-electron chi connectivity index (χ1n) is 7.48. The highest BCUT2D eigenvalue weighted by Crippen LogP contribution is 2.30. The summed E-state index contributed by atoms with van der Waals surface area (Å²) in [6, 6.07) is 4.72. The second kappa shape index (κ2) is 6.69. The van der Waals surface area contributed by atoms with Crippen molar-refractivity contribution in [1.29, 1.82) is 0 Å². The van der Waals surface area contributed by atoms with Gasteiger partial charge in [-0.05, 0) is 54.0 Å². The van der Waals surface area contributed by atoms with Gasteiger partial charge in [0.15, 0.2) is 11.5 Å². The van der Waals surface area contributed by atoms with Crippen LogP contribution in [0.4, 0.5) is 0 Å². The lowest BCUT2D eigenvalue weighted by Gasteiger charge is -2.22. The maximum Gasteiger partial charge on any atom is 0.229 e. The van der Waals surface area contributed by atoms with Crippen LogP contribution in [0.25, 0.3) is 0 Å². The summed E-state index contributed by atoms with van der Waals surface area (Å²) in [4.78, 5) is 22.6. The van der Waals surface area contributed by atoms with Gasteiger partial charge in [0.2, 0.25) is 11.6 Å². The topological polar surface area (TPSA) is 94.8 Å². The lowest BCUT2D eigenvalue weighted by molar-refractivity contribution is -0.131. The number of phenols is 2. The third-order valence-corrected chi connectivity index (χ3v) is 4.26. The molecule has 0 aromatic heterocycles. The SMILES string of the molecule is C[C@H](CC1=CC(=O)C(=O)C=C1O)[C@@H](C)Cc1ccc(O)c(O)c1. The Hall–Kier alpha value is -2.56. The number of benzene rings is 1. The Bertz CT molecular complexity index is 699. The van der Waals surface area contributed by atoms with E-state index in [1.165, 1.54) is 18.2 Å². The van der Waals surface area contributed by atoms with E-state index in [0.717, 1.165) is 11.6 Å². The van der Waals surface area contributed by atoms with Crippen LogP contribution in [-0.4, -0.2) is 26.9 Å². The van der Waals surface area contributed by atoms with Gasteiger partial charge in [-0.25, -0.2) is 0 Å². The van der Waals surface area contributed by atoms with Crippen molar-refractivity contribution < 1.29 is 24.9 Å². The summed E-state index contributed by atoms with van der Waals surface area (Å²) in [5.41, 5.74) is 1.37. The quantitative estimate of drug-likeness (QED) is 0.441. The number of ketones is 2. The van der Waals surface area contributed by atoms with Gasteiger partial charge in [0.1, 0.15) is 5.76 Å². The average Bonchev–Trinajstić information content (AvgIpc) is 2.48. The number of carbonyl (C=O) groups is 2. The van der Waals surface area contributed by atoms with Crippen molar-refractivity contribution in [3.63, 3.8) is 0 Å². The van der Waals surface area contributed by atoms with Crippen LogP contribution in [0.15, 0.2) is 41.7 Å². The fourth-order valence-electron chi connectivity index (χ4n) is 2.57. The van der Waals surface area contributed by atoms with Crippen LogP contribution in [0.3, 0.4) is 0 Å². The molecule has 23 heavy (non-hydrogen) atoms. The molecule has 1 aromatic carbocycles. The van der Waals surface area contributed by atoms with Crippen molar-refractivity contribution in [2.75, 3.05) is 0 Å². The third-order valence-electron chi connectivity index (χ3n) is 4.26. The maximum absolute atomic E-state index is 11.4. The molecule has 0 spiro atoms. The monoisotopic (exact) mass is 316 g/mol. The largest absolute Gasteiger partial charge is 0.508 e. The van der Waals surface area contributed by atoms with Gasteiger partial charge in [-0.15, -0.1) is 0 Å². The molecule has 0 saturated carbocycles. The molecule has 0 unspecified atom stereocenters. The molecule has 3 N–H and O–H groups in total. The molecule has 0 bridgehead atoms. The number of hydrogen-bond acceptors (Lipinski definition) is 5. The Morgan fingerprint density at radius 3 is 2.13 bits per heavy atom. The number of hydrogen-bond donors (Lipinski definition) is 3. The van der Waals surface area contributed by atoms with E-state index in [4.69, 9.17) is 0 Å². The van der Waals surface area contributed by atoms with Crippen molar-refractivity contribution in [2.45, 2.75) is 26.7 Å². The van der Waals surface area contributed by atoms with Gasteiger partial charge in [0.05, 0.1) is 0 Å². The van der Waals surface area contributed by atoms with E-state index in [2.05, 4.69) is 0 Å². The summed E-state index contributed by atoms with van der Waals surface area (Å²) in [5.74, 6) is -1.40. The average molecular weight is 316 g/mol. The molecule has 1 aliphatic rings. The van der Waals surface area contributed by atoms with Crippen LogP contribution < -0.4 is 0 Å². The van der Waals surface area contributed by atoms with Gasteiger partial charge in [0.25, 0.3) is 0 Å². The van der Waals surface area contributed by atoms with Crippen molar-refractivity contribution in [1.82, 2.24) is 0 Å². The number of aromatic hydroxyl groups is 2. The molecule has 0 saturated heterocycles. The Morgan fingerprint density at radius 1 is 0.870 bits per heavy atom. The Balaban J connectivity index is 2.02. The van der Waals surface area contributed by atoms with Gasteiger partial charge >= 0.3 is 0 Å². The minimum absolute atomic E-state index is 0.143. The molecule has 0 aliphatic heterocycles. The summed E-state index contributed by atoms with van der Waals surface area (Å²) >= 11 is 0. The zero-order valence-corrected chi connectivity index (χ0v) is 13.1. The Morgan fingerprint density at radius 2 is 1.48 bits per heavy atom. The van der Waals surface area contributed by atoms with Gasteiger partial charge in [-0.2, -0.15) is 0 Å². The van der Waals surface area contributed by atoms with E-state index in [1.54, 1.807) is 6.07 Å². The fraction of sp³-hybridized carbons (Fsp3) is 0.333. The normalized spacial score (nSPS) is 17.5. The van der Waals surface area contributed by atoms with E-state index < -0.39 is 11.6 Å². The summed E-state index contributed by atoms with van der Waals surface area (Å²) in [6.07, 6.45) is 3.33. The molecule has 122 valence electrons. The molecule has 0 fully saturated rings. The Labute approximate surface area is 134 Å². The van der Waals surface area contributed by atoms with Crippen LogP contribution in [0.2, 0.25) is 0 Å². The van der Waals surface area contributed by atoms with Gasteiger partial charge in [0, 0.05) is 6.08 Å². The molecule has 5 heteroatoms. The summed E-state index contributed by atoms with van der Waals surface area (Å²) in [7, 11) is 0. The predicted molar refractivity (Wildman–Crippen MR) is 85.2 cm³/mol. The zero-order chi connectivity index (χ0) is 17.1. The van der Waals surface area contributed by atoms with Crippen molar-refractivity contribution in [3.05, 3.63) is 47.2 Å². The van der Waals surface area contributed by atoms with Gasteiger partial charge < -0.3 is 15.3 Å². The summed E-state index contributed by atoms with van der Waals surface area (Å²) in [5, 5.41) is 28.7. The molecule has 2 atom stereocenters. The van der Waals surface area contributed by atoms with Crippen LogP contribution in [-0.2, 0) is 16.0 Å². The zero-order valence-electron chi connectivity index (χ0n) is 13.1. The highest BCUT2D eigenvalue weighted by molar-refractivity contribution is 6.46. The lowest BCUT2D eigenvalue weighted by atomic mass is 9.83. The molecule has 0 radical (unpaired) electrons. The smallest absolute Gasteiger partial charge is 0.229 e. The molecule has 1 aliphatic carbocycles. The minimum atomic E-state index is -0.702. The first-order chi connectivity index (χ1) is 10.8. The molecule has 0 heterocycles. The molecular weight excluding hydrogens is 296 g/mol. The van der Waals surface area contributed by atoms with Crippen LogP contribution in [0.1, 0.15) is 25.8 Å². The van der Waals surface area contributed by atoms with Crippen LogP contribution in [0.5, 0.6) is 11.5 Å². The standard InChI is InChI=1S/C18H20O5/c1-10(5-12-3-4-14(19)16(21)7-12)11(2)6-13-8-17(22)18(23)9-15(13)20/h3-4,7-11,19-21H,5-6H2,1-2H3/t10-,11+/m0/s1. The highest BCUT2D eigenvalue weighted by atomic mass is 16.3. The minimum Gasteiger partial charge on any atom is -0.508 e. The summed E-state index contributed by atoms with van der Waals surface area (Å²) < 4.78 is 0. The number of aliphatic hydroxyl groups is 1. The second-order valence-corrected chi connectivity index (χ2v) is 6.11. The molecule has 1 aromatic rings. The summed E-state index contributed by atoms with van der Waals surface area (Å²) in [6.45, 7) is 4.03. The third kappa shape index (κ3) is 4.00. The van der Waals surface area contributed by atoms with E-state index in [-0.39, 0.29) is 29.1 Å². The number of rotatable bonds is 5. The van der Waals surface area contributed by atoms with E-state index in [1.807, 2.05) is 13.8 Å². The van der Waals surface area contributed by atoms with E-state index in [9.17, 15) is 24.9 Å². The van der Waals surface area contributed by atoms with Crippen LogP contribution >= 0.6 is 0 Å². The maximum atomic E-state index is 11.4.